The van der Waals surface area contributed by atoms with Crippen LogP contribution < -0.4 is 4.90 Å². The average Bonchev–Trinajstić information content (AvgIpc) is 3.04. The number of hydrogen-bond donors (Lipinski definition) is 1. The van der Waals surface area contributed by atoms with Crippen LogP contribution >= 0.6 is 0 Å². The Balaban J connectivity index is 1.79. The molecule has 0 aliphatic carbocycles. The summed E-state index contributed by atoms with van der Waals surface area (Å²) in [5.41, 5.74) is 2.77. The number of nitrogens with zero attached hydrogens (tertiary/aromatic N) is 1. The molecule has 1 atom stereocenters. The molecule has 1 amide bonds. The van der Waals surface area contributed by atoms with E-state index in [1.165, 1.54) is 35.2 Å². The largest absolute Gasteiger partial charge is 0.503 e. The fourth-order valence-electron chi connectivity index (χ4n) is 3.69. The van der Waals surface area contributed by atoms with E-state index >= 15 is 0 Å². The van der Waals surface area contributed by atoms with Gasteiger partial charge in [0, 0.05) is 5.69 Å². The van der Waals surface area contributed by atoms with Crippen molar-refractivity contribution < 1.29 is 19.1 Å². The second-order valence-corrected chi connectivity index (χ2v) is 7.34. The van der Waals surface area contributed by atoms with Crippen molar-refractivity contribution >= 4 is 23.5 Å². The first-order valence-electron chi connectivity index (χ1n) is 9.82. The van der Waals surface area contributed by atoms with Crippen LogP contribution in [0.1, 0.15) is 22.7 Å². The topological polar surface area (TPSA) is 57.6 Å². The van der Waals surface area contributed by atoms with Gasteiger partial charge >= 0.3 is 0 Å². The fourth-order valence-corrected chi connectivity index (χ4v) is 3.69. The molecule has 0 spiro atoms. The minimum absolute atomic E-state index is 0.0368. The van der Waals surface area contributed by atoms with Crippen molar-refractivity contribution in [2.75, 3.05) is 4.90 Å². The minimum Gasteiger partial charge on any atom is -0.503 e. The number of aliphatic hydroxyl groups excluding tert-OH is 1. The molecule has 4 rings (SSSR count). The molecule has 0 saturated carbocycles. The van der Waals surface area contributed by atoms with E-state index in [0.717, 1.165) is 11.1 Å². The molecule has 1 unspecified atom stereocenters. The predicted octanol–water partition coefficient (Wildman–Crippen LogP) is 5.32. The Morgan fingerprint density at radius 1 is 1.00 bits per heavy atom. The average molecular weight is 413 g/mol. The van der Waals surface area contributed by atoms with Crippen LogP contribution in [0, 0.1) is 12.7 Å². The van der Waals surface area contributed by atoms with Crippen molar-refractivity contribution in [3.05, 3.63) is 119 Å². The van der Waals surface area contributed by atoms with Crippen molar-refractivity contribution in [2.45, 2.75) is 13.0 Å². The maximum atomic E-state index is 13.5. The summed E-state index contributed by atoms with van der Waals surface area (Å²) in [6.07, 6.45) is 2.97. The van der Waals surface area contributed by atoms with E-state index < -0.39 is 29.3 Å². The van der Waals surface area contributed by atoms with Crippen LogP contribution in [0.15, 0.2) is 96.3 Å². The van der Waals surface area contributed by atoms with Gasteiger partial charge in [-0.2, -0.15) is 0 Å². The number of ketones is 1. The van der Waals surface area contributed by atoms with Crippen molar-refractivity contribution in [1.82, 2.24) is 0 Å². The van der Waals surface area contributed by atoms with E-state index in [9.17, 15) is 19.1 Å². The van der Waals surface area contributed by atoms with Crippen molar-refractivity contribution in [1.29, 1.82) is 0 Å². The normalized spacial score (nSPS) is 16.4. The summed E-state index contributed by atoms with van der Waals surface area (Å²) in [6, 6.07) is 21.2. The summed E-state index contributed by atoms with van der Waals surface area (Å²) in [6.45, 7) is 1.89. The van der Waals surface area contributed by atoms with Crippen LogP contribution in [0.25, 0.3) is 6.08 Å². The van der Waals surface area contributed by atoms with Gasteiger partial charge in [0.2, 0.25) is 0 Å². The lowest BCUT2D eigenvalue weighted by Gasteiger charge is -2.27. The summed E-state index contributed by atoms with van der Waals surface area (Å²) in [4.78, 5) is 27.5. The van der Waals surface area contributed by atoms with E-state index in [1.54, 1.807) is 24.3 Å². The van der Waals surface area contributed by atoms with Crippen molar-refractivity contribution in [2.24, 2.45) is 0 Å². The summed E-state index contributed by atoms with van der Waals surface area (Å²) >= 11 is 0. The summed E-state index contributed by atoms with van der Waals surface area (Å²) in [5.74, 6) is -2.19. The molecular formula is C26H20FNO3. The van der Waals surface area contributed by atoms with Gasteiger partial charge in [0.05, 0.1) is 11.6 Å². The molecule has 1 heterocycles. The van der Waals surface area contributed by atoms with Crippen LogP contribution in [0.3, 0.4) is 0 Å². The Morgan fingerprint density at radius 2 is 1.71 bits per heavy atom. The van der Waals surface area contributed by atoms with Crippen LogP contribution in [-0.4, -0.2) is 16.8 Å². The molecule has 3 aromatic rings. The third kappa shape index (κ3) is 4.03. The lowest BCUT2D eigenvalue weighted by molar-refractivity contribution is -0.117. The van der Waals surface area contributed by atoms with Gasteiger partial charge in [-0.15, -0.1) is 0 Å². The maximum Gasteiger partial charge on any atom is 0.294 e. The van der Waals surface area contributed by atoms with Gasteiger partial charge < -0.3 is 5.11 Å². The number of halogens is 1. The SMILES string of the molecule is Cc1cccc(N2C(=O)C(O)=C(C(=O)/C=C/c3ccccc3)C2c2ccc(F)cc2)c1. The molecule has 154 valence electrons. The third-order valence-corrected chi connectivity index (χ3v) is 5.17. The number of hydrogen-bond acceptors (Lipinski definition) is 3. The van der Waals surface area contributed by atoms with Crippen molar-refractivity contribution in [3.8, 4) is 0 Å². The highest BCUT2D eigenvalue weighted by Crippen LogP contribution is 2.41. The minimum atomic E-state index is -0.872. The third-order valence-electron chi connectivity index (χ3n) is 5.17. The van der Waals surface area contributed by atoms with E-state index in [-0.39, 0.29) is 5.57 Å². The lowest BCUT2D eigenvalue weighted by atomic mass is 9.95. The number of carbonyl (C=O) groups excluding carboxylic acids is 2. The first-order valence-corrected chi connectivity index (χ1v) is 9.82. The predicted molar refractivity (Wildman–Crippen MR) is 118 cm³/mol. The first kappa shape index (κ1) is 20.3. The molecule has 0 saturated heterocycles. The Bertz CT molecular complexity index is 1200. The number of amides is 1. The smallest absolute Gasteiger partial charge is 0.294 e. The zero-order valence-electron chi connectivity index (χ0n) is 16.8. The number of carbonyl (C=O) groups is 2. The van der Waals surface area contributed by atoms with Gasteiger partial charge in [-0.05, 0) is 54.0 Å². The van der Waals surface area contributed by atoms with Crippen LogP contribution in [-0.2, 0) is 9.59 Å². The number of anilines is 1. The molecule has 31 heavy (non-hydrogen) atoms. The van der Waals surface area contributed by atoms with E-state index in [2.05, 4.69) is 0 Å². The molecule has 4 nitrogen and oxygen atoms in total. The Labute approximate surface area is 179 Å². The Kier molecular flexibility index (Phi) is 5.50. The van der Waals surface area contributed by atoms with E-state index in [4.69, 9.17) is 0 Å². The molecule has 1 N–H and O–H groups in total. The molecule has 1 aliphatic heterocycles. The molecule has 0 aromatic heterocycles. The zero-order chi connectivity index (χ0) is 22.0. The van der Waals surface area contributed by atoms with Gasteiger partial charge in [0.1, 0.15) is 5.82 Å². The quantitative estimate of drug-likeness (QED) is 0.576. The van der Waals surface area contributed by atoms with Crippen LogP contribution in [0.4, 0.5) is 10.1 Å². The summed E-state index contributed by atoms with van der Waals surface area (Å²) in [7, 11) is 0. The zero-order valence-corrected chi connectivity index (χ0v) is 16.8. The summed E-state index contributed by atoms with van der Waals surface area (Å²) < 4.78 is 13.5. The first-order chi connectivity index (χ1) is 15.0. The molecule has 0 fully saturated rings. The Hall–Kier alpha value is -3.99. The second-order valence-electron chi connectivity index (χ2n) is 7.34. The van der Waals surface area contributed by atoms with Gasteiger partial charge in [0.25, 0.3) is 5.91 Å². The van der Waals surface area contributed by atoms with Gasteiger partial charge in [-0.25, -0.2) is 4.39 Å². The molecule has 5 heteroatoms. The number of allylic oxidation sites excluding steroid dienone is 1. The van der Waals surface area contributed by atoms with Gasteiger partial charge in [-0.3, -0.25) is 14.5 Å². The second kappa shape index (κ2) is 8.40. The van der Waals surface area contributed by atoms with Gasteiger partial charge in [-0.1, -0.05) is 60.7 Å². The molecule has 3 aromatic carbocycles. The standard InChI is InChI=1S/C26H20FNO3/c1-17-6-5-9-21(16-17)28-24(19-11-13-20(27)14-12-19)23(25(30)26(28)31)22(29)15-10-18-7-3-2-4-8-18/h2-16,24,30H,1H3/b15-10+. The van der Waals surface area contributed by atoms with Crippen LogP contribution in [0.5, 0.6) is 0 Å². The lowest BCUT2D eigenvalue weighted by Crippen LogP contribution is -2.31. The van der Waals surface area contributed by atoms with E-state index in [1.807, 2.05) is 43.3 Å². The molecule has 1 aliphatic rings. The van der Waals surface area contributed by atoms with Crippen molar-refractivity contribution in [3.63, 3.8) is 0 Å². The monoisotopic (exact) mass is 413 g/mol. The summed E-state index contributed by atoms with van der Waals surface area (Å²) in [5, 5.41) is 10.7. The maximum absolute atomic E-state index is 13.5. The highest BCUT2D eigenvalue weighted by Gasteiger charge is 2.43. The Morgan fingerprint density at radius 3 is 2.39 bits per heavy atom. The highest BCUT2D eigenvalue weighted by atomic mass is 19.1. The highest BCUT2D eigenvalue weighted by molar-refractivity contribution is 6.19. The molecule has 0 radical (unpaired) electrons. The number of benzene rings is 3. The fraction of sp³-hybridized carbons (Fsp3) is 0.0769. The molecule has 0 bridgehead atoms. The number of rotatable bonds is 5. The molecular weight excluding hydrogens is 393 g/mol. The number of aliphatic hydroxyl groups is 1. The van der Waals surface area contributed by atoms with E-state index in [0.29, 0.717) is 11.3 Å². The number of aryl methyl sites for hydroxylation is 1. The van der Waals surface area contributed by atoms with Crippen LogP contribution in [0.2, 0.25) is 0 Å². The van der Waals surface area contributed by atoms with Gasteiger partial charge in [0.15, 0.2) is 11.5 Å².